The summed E-state index contributed by atoms with van der Waals surface area (Å²) in [5.74, 6) is 1.35. The van der Waals surface area contributed by atoms with Gasteiger partial charge in [-0.15, -0.1) is 0 Å². The van der Waals surface area contributed by atoms with Crippen molar-refractivity contribution in [1.82, 2.24) is 15.2 Å². The third kappa shape index (κ3) is 4.80. The maximum Gasteiger partial charge on any atom is 0.305 e. The summed E-state index contributed by atoms with van der Waals surface area (Å²) >= 11 is 9.11. The molecule has 0 amide bonds. The number of thiocarbonyl (C=S) groups is 1. The first kappa shape index (κ1) is 21.5. The lowest BCUT2D eigenvalue weighted by Gasteiger charge is -2.25. The number of rotatable bonds is 7. The SMILES string of the molecule is COC(=O)CCCN1C(=S)N[C@H](c2ccccn2)[C@H]1c1ccc(-c2ccc(Br)cc2)o1. The van der Waals surface area contributed by atoms with E-state index in [1.54, 1.807) is 6.20 Å². The summed E-state index contributed by atoms with van der Waals surface area (Å²) in [6, 6.07) is 17.4. The van der Waals surface area contributed by atoms with E-state index in [-0.39, 0.29) is 18.1 Å². The molecule has 3 aromatic rings. The van der Waals surface area contributed by atoms with Crippen LogP contribution in [0.15, 0.2) is 69.7 Å². The molecule has 4 rings (SSSR count). The van der Waals surface area contributed by atoms with Crippen molar-refractivity contribution in [2.75, 3.05) is 13.7 Å². The second-order valence-corrected chi connectivity index (χ2v) is 8.51. The number of benzene rings is 1. The van der Waals surface area contributed by atoms with E-state index >= 15 is 0 Å². The zero-order valence-corrected chi connectivity index (χ0v) is 19.4. The monoisotopic (exact) mass is 499 g/mol. The number of nitrogens with zero attached hydrogens (tertiary/aromatic N) is 2. The van der Waals surface area contributed by atoms with E-state index in [9.17, 15) is 4.79 Å². The predicted octanol–water partition coefficient (Wildman–Crippen LogP) is 5.03. The van der Waals surface area contributed by atoms with E-state index in [1.807, 2.05) is 54.6 Å². The predicted molar refractivity (Wildman–Crippen MR) is 125 cm³/mol. The Kier molecular flexibility index (Phi) is 6.67. The van der Waals surface area contributed by atoms with Crippen molar-refractivity contribution in [3.8, 4) is 11.3 Å². The van der Waals surface area contributed by atoms with Crippen LogP contribution in [-0.2, 0) is 9.53 Å². The average molecular weight is 500 g/mol. The van der Waals surface area contributed by atoms with Crippen LogP contribution in [0.5, 0.6) is 0 Å². The Morgan fingerprint density at radius 2 is 2.03 bits per heavy atom. The Hall–Kier alpha value is -2.71. The van der Waals surface area contributed by atoms with E-state index in [0.29, 0.717) is 24.5 Å². The van der Waals surface area contributed by atoms with Gasteiger partial charge in [0.25, 0.3) is 0 Å². The van der Waals surface area contributed by atoms with Gasteiger partial charge in [-0.25, -0.2) is 0 Å². The molecule has 0 radical (unpaired) electrons. The molecule has 3 heterocycles. The van der Waals surface area contributed by atoms with Crippen molar-refractivity contribution < 1.29 is 13.9 Å². The lowest BCUT2D eigenvalue weighted by molar-refractivity contribution is -0.140. The highest BCUT2D eigenvalue weighted by molar-refractivity contribution is 9.10. The second-order valence-electron chi connectivity index (χ2n) is 7.21. The third-order valence-electron chi connectivity index (χ3n) is 5.25. The molecule has 1 aliphatic rings. The van der Waals surface area contributed by atoms with Gasteiger partial charge in [0.2, 0.25) is 0 Å². The maximum atomic E-state index is 11.6. The van der Waals surface area contributed by atoms with Crippen molar-refractivity contribution in [3.05, 3.63) is 76.7 Å². The molecule has 2 atom stereocenters. The number of furan rings is 1. The smallest absolute Gasteiger partial charge is 0.305 e. The topological polar surface area (TPSA) is 67.6 Å². The number of nitrogens with one attached hydrogen (secondary N) is 1. The summed E-state index contributed by atoms with van der Waals surface area (Å²) in [7, 11) is 1.40. The van der Waals surface area contributed by atoms with Gasteiger partial charge in [-0.1, -0.05) is 34.1 Å². The van der Waals surface area contributed by atoms with Gasteiger partial charge in [0.15, 0.2) is 5.11 Å². The molecule has 1 aliphatic heterocycles. The number of methoxy groups -OCH3 is 1. The minimum atomic E-state index is -0.230. The van der Waals surface area contributed by atoms with Crippen molar-refractivity contribution >= 4 is 39.2 Å². The van der Waals surface area contributed by atoms with Gasteiger partial charge in [0.05, 0.1) is 18.8 Å². The molecule has 0 aliphatic carbocycles. The summed E-state index contributed by atoms with van der Waals surface area (Å²) in [5.41, 5.74) is 1.88. The lowest BCUT2D eigenvalue weighted by Crippen LogP contribution is -2.30. The van der Waals surface area contributed by atoms with E-state index in [4.69, 9.17) is 21.4 Å². The average Bonchev–Trinajstić information content (AvgIpc) is 3.39. The van der Waals surface area contributed by atoms with Gasteiger partial charge in [0, 0.05) is 29.2 Å². The van der Waals surface area contributed by atoms with E-state index in [1.165, 1.54) is 7.11 Å². The number of esters is 1. The van der Waals surface area contributed by atoms with Crippen molar-refractivity contribution in [2.45, 2.75) is 24.9 Å². The lowest BCUT2D eigenvalue weighted by atomic mass is 10.0. The zero-order chi connectivity index (χ0) is 21.8. The molecule has 1 N–H and O–H groups in total. The first-order valence-electron chi connectivity index (χ1n) is 9.97. The standard InChI is InChI=1S/C23H22BrN3O3S/c1-29-20(28)6-4-14-27-22(21(26-23(27)31)17-5-2-3-13-25-17)19-12-11-18(30-19)15-7-9-16(24)10-8-15/h2-3,5,7-13,21-22H,4,6,14H2,1H3,(H,26,31)/t21-,22-/m1/s1. The van der Waals surface area contributed by atoms with Crippen LogP contribution in [0.25, 0.3) is 11.3 Å². The Balaban J connectivity index is 1.64. The number of aromatic nitrogens is 1. The first-order chi connectivity index (χ1) is 15.1. The summed E-state index contributed by atoms with van der Waals surface area (Å²) in [5, 5.41) is 4.01. The number of ether oxygens (including phenoxy) is 1. The van der Waals surface area contributed by atoms with E-state index in [2.05, 4.69) is 31.1 Å². The Labute approximate surface area is 194 Å². The number of pyridine rings is 1. The van der Waals surface area contributed by atoms with Gasteiger partial charge in [-0.2, -0.15) is 0 Å². The number of carbonyl (C=O) groups is 1. The minimum absolute atomic E-state index is 0.157. The molecule has 2 aromatic heterocycles. The van der Waals surface area contributed by atoms with Gasteiger partial charge in [0.1, 0.15) is 17.6 Å². The quantitative estimate of drug-likeness (QED) is 0.361. The second kappa shape index (κ2) is 9.62. The summed E-state index contributed by atoms with van der Waals surface area (Å²) in [4.78, 5) is 18.2. The number of hydrogen-bond acceptors (Lipinski definition) is 5. The fourth-order valence-electron chi connectivity index (χ4n) is 3.73. The van der Waals surface area contributed by atoms with Crippen molar-refractivity contribution in [2.24, 2.45) is 0 Å². The molecule has 6 nitrogen and oxygen atoms in total. The summed E-state index contributed by atoms with van der Waals surface area (Å²) in [6.07, 6.45) is 2.73. The number of carbonyl (C=O) groups excluding carboxylic acids is 1. The van der Waals surface area contributed by atoms with Crippen LogP contribution >= 0.6 is 28.1 Å². The third-order valence-corrected chi connectivity index (χ3v) is 6.13. The van der Waals surface area contributed by atoms with Crippen LogP contribution in [0.1, 0.15) is 36.4 Å². The molecule has 8 heteroatoms. The molecule has 160 valence electrons. The zero-order valence-electron chi connectivity index (χ0n) is 17.0. The highest BCUT2D eigenvalue weighted by atomic mass is 79.9. The number of halogens is 1. The van der Waals surface area contributed by atoms with Crippen LogP contribution in [0.2, 0.25) is 0 Å². The fourth-order valence-corrected chi connectivity index (χ4v) is 4.33. The first-order valence-corrected chi connectivity index (χ1v) is 11.2. The molecule has 31 heavy (non-hydrogen) atoms. The van der Waals surface area contributed by atoms with Crippen molar-refractivity contribution in [3.63, 3.8) is 0 Å². The highest BCUT2D eigenvalue weighted by Crippen LogP contribution is 2.40. The summed E-state index contributed by atoms with van der Waals surface area (Å²) in [6.45, 7) is 0.600. The Morgan fingerprint density at radius 3 is 2.74 bits per heavy atom. The number of hydrogen-bond donors (Lipinski definition) is 1. The van der Waals surface area contributed by atoms with Gasteiger partial charge in [-0.05, 0) is 55.0 Å². The fraction of sp³-hybridized carbons (Fsp3) is 0.261. The Morgan fingerprint density at radius 1 is 1.23 bits per heavy atom. The minimum Gasteiger partial charge on any atom is -0.469 e. The van der Waals surface area contributed by atoms with Crippen LogP contribution in [-0.4, -0.2) is 34.6 Å². The molecular formula is C23H22BrN3O3S. The van der Waals surface area contributed by atoms with Gasteiger partial charge < -0.3 is 19.4 Å². The van der Waals surface area contributed by atoms with Crippen LogP contribution in [0, 0.1) is 0 Å². The van der Waals surface area contributed by atoms with Crippen LogP contribution in [0.3, 0.4) is 0 Å². The molecule has 0 unspecified atom stereocenters. The molecule has 1 saturated heterocycles. The Bertz CT molecular complexity index is 1060. The highest BCUT2D eigenvalue weighted by Gasteiger charge is 2.41. The normalized spacial score (nSPS) is 18.1. The molecule has 0 bridgehead atoms. The molecule has 1 aromatic carbocycles. The maximum absolute atomic E-state index is 11.6. The van der Waals surface area contributed by atoms with E-state index in [0.717, 1.165) is 27.3 Å². The largest absolute Gasteiger partial charge is 0.469 e. The van der Waals surface area contributed by atoms with Gasteiger partial charge in [-0.3, -0.25) is 9.78 Å². The van der Waals surface area contributed by atoms with Crippen molar-refractivity contribution in [1.29, 1.82) is 0 Å². The molecular weight excluding hydrogens is 478 g/mol. The summed E-state index contributed by atoms with van der Waals surface area (Å²) < 4.78 is 12.1. The van der Waals surface area contributed by atoms with Crippen LogP contribution in [0.4, 0.5) is 0 Å². The molecule has 0 saturated carbocycles. The molecule has 1 fully saturated rings. The van der Waals surface area contributed by atoms with E-state index < -0.39 is 0 Å². The van der Waals surface area contributed by atoms with Gasteiger partial charge >= 0.3 is 5.97 Å². The molecule has 0 spiro atoms. The van der Waals surface area contributed by atoms with Crippen LogP contribution < -0.4 is 5.32 Å².